The molecule has 0 saturated carbocycles. The molecule has 0 unspecified atom stereocenters. The third-order valence-electron chi connectivity index (χ3n) is 5.05. The molecule has 0 radical (unpaired) electrons. The van der Waals surface area contributed by atoms with Crippen LogP contribution >= 0.6 is 0 Å². The van der Waals surface area contributed by atoms with Crippen molar-refractivity contribution >= 4 is 22.9 Å². The molecule has 1 amide bonds. The van der Waals surface area contributed by atoms with Crippen LogP contribution in [0.1, 0.15) is 12.8 Å². The first-order valence-corrected chi connectivity index (χ1v) is 8.61. The average Bonchev–Trinajstić information content (AvgIpc) is 2.86. The van der Waals surface area contributed by atoms with E-state index in [-0.39, 0.29) is 18.3 Å². The number of halogens is 2. The fraction of sp³-hybridized carbons (Fsp3) is 0.529. The van der Waals surface area contributed by atoms with Crippen LogP contribution in [0.25, 0.3) is 11.0 Å². The fourth-order valence-electron chi connectivity index (χ4n) is 3.42. The molecule has 4 rings (SSSR count). The first kappa shape index (κ1) is 16.3. The van der Waals surface area contributed by atoms with E-state index in [1.807, 2.05) is 4.90 Å². The number of nitrogens with zero attached hydrogens (tertiary/aromatic N) is 4. The Labute approximate surface area is 144 Å². The van der Waals surface area contributed by atoms with Crippen molar-refractivity contribution in [2.75, 3.05) is 31.1 Å². The largest absolute Gasteiger partial charge is 0.341 e. The van der Waals surface area contributed by atoms with Crippen molar-refractivity contribution in [3.05, 3.63) is 24.0 Å². The molecule has 0 bridgehead atoms. The predicted octanol–water partition coefficient (Wildman–Crippen LogP) is 1.28. The summed E-state index contributed by atoms with van der Waals surface area (Å²) in [6.07, 6.45) is 0.306. The van der Waals surface area contributed by atoms with E-state index in [9.17, 15) is 13.6 Å². The minimum absolute atomic E-state index is 0.0146. The molecule has 2 saturated heterocycles. The number of aromatic nitrogens is 2. The van der Waals surface area contributed by atoms with Crippen LogP contribution in [0, 0.1) is 5.82 Å². The van der Waals surface area contributed by atoms with Gasteiger partial charge < -0.3 is 20.1 Å². The van der Waals surface area contributed by atoms with Gasteiger partial charge in [0.15, 0.2) is 0 Å². The van der Waals surface area contributed by atoms with Crippen LogP contribution in [0.15, 0.2) is 18.2 Å². The van der Waals surface area contributed by atoms with Gasteiger partial charge in [0, 0.05) is 32.2 Å². The highest BCUT2D eigenvalue weighted by atomic mass is 19.1. The van der Waals surface area contributed by atoms with Crippen molar-refractivity contribution in [2.24, 2.45) is 5.73 Å². The lowest BCUT2D eigenvalue weighted by Crippen LogP contribution is -2.50. The van der Waals surface area contributed by atoms with E-state index in [1.165, 1.54) is 12.1 Å². The lowest BCUT2D eigenvalue weighted by atomic mass is 10.1. The molecule has 1 aromatic heterocycles. The summed E-state index contributed by atoms with van der Waals surface area (Å²) < 4.78 is 29.1. The van der Waals surface area contributed by atoms with Crippen LogP contribution in [-0.2, 0) is 11.3 Å². The summed E-state index contributed by atoms with van der Waals surface area (Å²) in [5, 5.41) is 0. The standard InChI is InChI=1S/C17H21F2N5O/c18-11-2-3-15-14(8-11)21-17(23-7-4-12(19)13(20)9-23)24(15)10-16(25)22-5-1-6-22/h2-3,8,12-13H,1,4-7,9-10,20H2/t12-,13-/m1/s1. The fourth-order valence-corrected chi connectivity index (χ4v) is 3.42. The second-order valence-electron chi connectivity index (χ2n) is 6.78. The molecular weight excluding hydrogens is 328 g/mol. The number of carbonyl (C=O) groups is 1. The van der Waals surface area contributed by atoms with Crippen molar-refractivity contribution in [3.63, 3.8) is 0 Å². The number of carbonyl (C=O) groups excluding carboxylic acids is 1. The molecule has 3 heterocycles. The molecule has 2 aliphatic rings. The Morgan fingerprint density at radius 2 is 2.12 bits per heavy atom. The Kier molecular flexibility index (Phi) is 4.07. The maximum absolute atomic E-state index is 13.7. The number of rotatable bonds is 3. The Morgan fingerprint density at radius 1 is 1.32 bits per heavy atom. The number of alkyl halides is 1. The Bertz CT molecular complexity index is 804. The summed E-state index contributed by atoms with van der Waals surface area (Å²) >= 11 is 0. The SMILES string of the molecule is N[C@@H]1CN(c2nc3cc(F)ccc3n2CC(=O)N2CCC2)CC[C@H]1F. The lowest BCUT2D eigenvalue weighted by molar-refractivity contribution is -0.135. The van der Waals surface area contributed by atoms with E-state index < -0.39 is 12.2 Å². The Balaban J connectivity index is 1.71. The summed E-state index contributed by atoms with van der Waals surface area (Å²) in [4.78, 5) is 20.6. The molecule has 2 N–H and O–H groups in total. The highest BCUT2D eigenvalue weighted by Crippen LogP contribution is 2.27. The van der Waals surface area contributed by atoms with E-state index in [0.29, 0.717) is 36.5 Å². The van der Waals surface area contributed by atoms with Gasteiger partial charge in [0.1, 0.15) is 18.5 Å². The monoisotopic (exact) mass is 349 g/mol. The van der Waals surface area contributed by atoms with E-state index >= 15 is 0 Å². The summed E-state index contributed by atoms with van der Waals surface area (Å²) in [7, 11) is 0. The number of benzene rings is 1. The highest BCUT2D eigenvalue weighted by molar-refractivity contribution is 5.83. The van der Waals surface area contributed by atoms with Crippen LogP contribution in [-0.4, -0.2) is 58.8 Å². The van der Waals surface area contributed by atoms with E-state index in [0.717, 1.165) is 19.5 Å². The normalized spacial score (nSPS) is 23.8. The van der Waals surface area contributed by atoms with Gasteiger partial charge >= 0.3 is 0 Å². The van der Waals surface area contributed by atoms with Gasteiger partial charge in [-0.1, -0.05) is 0 Å². The zero-order chi connectivity index (χ0) is 17.6. The molecule has 8 heteroatoms. The summed E-state index contributed by atoms with van der Waals surface area (Å²) in [5.41, 5.74) is 7.05. The molecule has 25 heavy (non-hydrogen) atoms. The van der Waals surface area contributed by atoms with Crippen molar-refractivity contribution in [1.29, 1.82) is 0 Å². The number of nitrogens with two attached hydrogens (primary N) is 1. The van der Waals surface area contributed by atoms with Crippen LogP contribution in [0.5, 0.6) is 0 Å². The van der Waals surface area contributed by atoms with Gasteiger partial charge in [0.05, 0.1) is 17.1 Å². The van der Waals surface area contributed by atoms with Crippen molar-refractivity contribution < 1.29 is 13.6 Å². The molecule has 6 nitrogen and oxygen atoms in total. The summed E-state index contributed by atoms with van der Waals surface area (Å²) in [6, 6.07) is 3.75. The predicted molar refractivity (Wildman–Crippen MR) is 90.6 cm³/mol. The molecular formula is C17H21F2N5O. The van der Waals surface area contributed by atoms with Gasteiger partial charge in [0.2, 0.25) is 11.9 Å². The maximum atomic E-state index is 13.7. The molecule has 2 aromatic rings. The van der Waals surface area contributed by atoms with Gasteiger partial charge in [-0.15, -0.1) is 0 Å². The topological polar surface area (TPSA) is 67.4 Å². The maximum Gasteiger partial charge on any atom is 0.242 e. The smallest absolute Gasteiger partial charge is 0.242 e. The summed E-state index contributed by atoms with van der Waals surface area (Å²) in [5.74, 6) is 0.189. The second-order valence-corrected chi connectivity index (χ2v) is 6.78. The number of likely N-dealkylation sites (tertiary alicyclic amines) is 1. The molecule has 2 aliphatic heterocycles. The highest BCUT2D eigenvalue weighted by Gasteiger charge is 2.30. The second kappa shape index (κ2) is 6.25. The van der Waals surface area contributed by atoms with E-state index in [1.54, 1.807) is 15.5 Å². The molecule has 0 aliphatic carbocycles. The molecule has 0 spiro atoms. The molecule has 2 atom stereocenters. The van der Waals surface area contributed by atoms with Crippen LogP contribution in [0.4, 0.5) is 14.7 Å². The molecule has 134 valence electrons. The first-order valence-electron chi connectivity index (χ1n) is 8.61. The Morgan fingerprint density at radius 3 is 2.80 bits per heavy atom. The van der Waals surface area contributed by atoms with Gasteiger partial charge in [-0.2, -0.15) is 0 Å². The third kappa shape index (κ3) is 2.95. The number of anilines is 1. The van der Waals surface area contributed by atoms with E-state index in [4.69, 9.17) is 5.73 Å². The van der Waals surface area contributed by atoms with Crippen molar-refractivity contribution in [2.45, 2.75) is 31.6 Å². The van der Waals surface area contributed by atoms with Crippen LogP contribution < -0.4 is 10.6 Å². The number of amides is 1. The molecule has 2 fully saturated rings. The number of fused-ring (bicyclic) bond motifs is 1. The van der Waals surface area contributed by atoms with Crippen LogP contribution in [0.2, 0.25) is 0 Å². The molecule has 1 aromatic carbocycles. The Hall–Kier alpha value is -2.22. The number of imidazole rings is 1. The number of hydrogen-bond acceptors (Lipinski definition) is 4. The van der Waals surface area contributed by atoms with Gasteiger partial charge in [0.25, 0.3) is 0 Å². The third-order valence-corrected chi connectivity index (χ3v) is 5.05. The van der Waals surface area contributed by atoms with Crippen molar-refractivity contribution in [3.8, 4) is 0 Å². The number of piperidine rings is 1. The van der Waals surface area contributed by atoms with Gasteiger partial charge in [-0.25, -0.2) is 13.8 Å². The average molecular weight is 349 g/mol. The minimum atomic E-state index is -1.03. The lowest BCUT2D eigenvalue weighted by Gasteiger charge is -2.35. The quantitative estimate of drug-likeness (QED) is 0.907. The van der Waals surface area contributed by atoms with Gasteiger partial charge in [-0.05, 0) is 25.0 Å². The van der Waals surface area contributed by atoms with Gasteiger partial charge in [-0.3, -0.25) is 4.79 Å². The first-order chi connectivity index (χ1) is 12.0. The zero-order valence-electron chi connectivity index (χ0n) is 13.9. The summed E-state index contributed by atoms with van der Waals surface area (Å²) in [6.45, 7) is 2.48. The minimum Gasteiger partial charge on any atom is -0.341 e. The zero-order valence-corrected chi connectivity index (χ0v) is 13.9. The van der Waals surface area contributed by atoms with Crippen LogP contribution in [0.3, 0.4) is 0 Å². The number of hydrogen-bond donors (Lipinski definition) is 1. The van der Waals surface area contributed by atoms with E-state index in [2.05, 4.69) is 4.98 Å². The van der Waals surface area contributed by atoms with Crippen molar-refractivity contribution in [1.82, 2.24) is 14.5 Å².